The van der Waals surface area contributed by atoms with E-state index in [1.54, 1.807) is 0 Å². The van der Waals surface area contributed by atoms with E-state index < -0.39 is 0 Å². The molecule has 88 valence electrons. The predicted octanol–water partition coefficient (Wildman–Crippen LogP) is 4.13. The molecule has 0 spiro atoms. The van der Waals surface area contributed by atoms with Gasteiger partial charge in [0.25, 0.3) is 0 Å². The molecule has 0 radical (unpaired) electrons. The second kappa shape index (κ2) is 6.72. The van der Waals surface area contributed by atoms with Gasteiger partial charge >= 0.3 is 0 Å². The van der Waals surface area contributed by atoms with Gasteiger partial charge in [-0.25, -0.2) is 0 Å². The van der Waals surface area contributed by atoms with E-state index in [0.29, 0.717) is 6.04 Å². The first-order valence-electron chi connectivity index (χ1n) is 5.78. The summed E-state index contributed by atoms with van der Waals surface area (Å²) in [6, 6.07) is 8.49. The Balaban J connectivity index is 2.52. The molecule has 0 bridgehead atoms. The van der Waals surface area contributed by atoms with Crippen molar-refractivity contribution in [1.82, 2.24) is 5.32 Å². The molecule has 1 atom stereocenters. The first-order valence-corrected chi connectivity index (χ1v) is 6.15. The number of nitrogens with one attached hydrogen (secondary N) is 1. The van der Waals surface area contributed by atoms with Crippen LogP contribution in [0.15, 0.2) is 29.8 Å². The monoisotopic (exact) mass is 237 g/mol. The molecule has 0 aromatic heterocycles. The smallest absolute Gasteiger partial charge is 0.0406 e. The molecule has 0 fully saturated rings. The van der Waals surface area contributed by atoms with Crippen molar-refractivity contribution in [2.75, 3.05) is 6.54 Å². The molecule has 0 saturated heterocycles. The molecule has 1 aromatic rings. The van der Waals surface area contributed by atoms with Crippen LogP contribution in [-0.4, -0.2) is 12.6 Å². The highest BCUT2D eigenvalue weighted by Crippen LogP contribution is 2.12. The van der Waals surface area contributed by atoms with Gasteiger partial charge in [-0.1, -0.05) is 42.3 Å². The van der Waals surface area contributed by atoms with Crippen LogP contribution in [-0.2, 0) is 0 Å². The Morgan fingerprint density at radius 1 is 1.38 bits per heavy atom. The normalized spacial score (nSPS) is 13.9. The molecule has 0 saturated carbocycles. The van der Waals surface area contributed by atoms with Crippen molar-refractivity contribution in [3.05, 3.63) is 40.4 Å². The SMILES string of the molecule is CCC(C)NC/C(C)=C/c1ccc(Cl)cc1. The summed E-state index contributed by atoms with van der Waals surface area (Å²) in [7, 11) is 0. The third-order valence-electron chi connectivity index (χ3n) is 2.62. The van der Waals surface area contributed by atoms with Gasteiger partial charge in [-0.2, -0.15) is 0 Å². The van der Waals surface area contributed by atoms with Crippen LogP contribution >= 0.6 is 11.6 Å². The van der Waals surface area contributed by atoms with Gasteiger partial charge in [0.1, 0.15) is 0 Å². The van der Waals surface area contributed by atoms with Gasteiger partial charge in [-0.3, -0.25) is 0 Å². The first kappa shape index (κ1) is 13.3. The van der Waals surface area contributed by atoms with E-state index in [4.69, 9.17) is 11.6 Å². The molecule has 0 heterocycles. The van der Waals surface area contributed by atoms with Crippen molar-refractivity contribution in [3.8, 4) is 0 Å². The highest BCUT2D eigenvalue weighted by molar-refractivity contribution is 6.30. The van der Waals surface area contributed by atoms with Crippen LogP contribution in [0, 0.1) is 0 Å². The topological polar surface area (TPSA) is 12.0 Å². The van der Waals surface area contributed by atoms with Crippen LogP contribution in [0.2, 0.25) is 5.02 Å². The van der Waals surface area contributed by atoms with E-state index in [2.05, 4.69) is 32.2 Å². The van der Waals surface area contributed by atoms with Gasteiger partial charge in [-0.05, 0) is 38.0 Å². The zero-order valence-corrected chi connectivity index (χ0v) is 11.0. The first-order chi connectivity index (χ1) is 7.61. The Morgan fingerprint density at radius 2 is 2.00 bits per heavy atom. The van der Waals surface area contributed by atoms with Crippen LogP contribution in [0.4, 0.5) is 0 Å². The fraction of sp³-hybridized carbons (Fsp3) is 0.429. The lowest BCUT2D eigenvalue weighted by Gasteiger charge is -2.11. The van der Waals surface area contributed by atoms with Crippen LogP contribution in [0.1, 0.15) is 32.8 Å². The number of rotatable bonds is 5. The molecule has 1 nitrogen and oxygen atoms in total. The lowest BCUT2D eigenvalue weighted by Crippen LogP contribution is -2.26. The van der Waals surface area contributed by atoms with Crippen LogP contribution in [0.5, 0.6) is 0 Å². The Hall–Kier alpha value is -0.790. The quantitative estimate of drug-likeness (QED) is 0.812. The van der Waals surface area contributed by atoms with Crippen LogP contribution in [0.3, 0.4) is 0 Å². The minimum atomic E-state index is 0.577. The highest BCUT2D eigenvalue weighted by Gasteiger charge is 1.97. The van der Waals surface area contributed by atoms with E-state index in [0.717, 1.165) is 18.0 Å². The number of benzene rings is 1. The molecular formula is C14H20ClN. The number of hydrogen-bond donors (Lipinski definition) is 1. The fourth-order valence-electron chi connectivity index (χ4n) is 1.37. The van der Waals surface area contributed by atoms with E-state index in [-0.39, 0.29) is 0 Å². The largest absolute Gasteiger partial charge is 0.311 e. The van der Waals surface area contributed by atoms with Gasteiger partial charge in [-0.15, -0.1) is 0 Å². The average Bonchev–Trinajstić information content (AvgIpc) is 2.29. The third-order valence-corrected chi connectivity index (χ3v) is 2.88. The van der Waals surface area contributed by atoms with Gasteiger partial charge in [0.15, 0.2) is 0 Å². The second-order valence-electron chi connectivity index (χ2n) is 4.23. The highest BCUT2D eigenvalue weighted by atomic mass is 35.5. The maximum Gasteiger partial charge on any atom is 0.0406 e. The lowest BCUT2D eigenvalue weighted by atomic mass is 10.1. The molecule has 1 rings (SSSR count). The maximum atomic E-state index is 5.84. The fourth-order valence-corrected chi connectivity index (χ4v) is 1.50. The van der Waals surface area contributed by atoms with Crippen molar-refractivity contribution in [2.24, 2.45) is 0 Å². The van der Waals surface area contributed by atoms with Crippen molar-refractivity contribution in [2.45, 2.75) is 33.2 Å². The number of hydrogen-bond acceptors (Lipinski definition) is 1. The molecule has 2 heteroatoms. The third kappa shape index (κ3) is 4.82. The zero-order chi connectivity index (χ0) is 12.0. The molecule has 16 heavy (non-hydrogen) atoms. The Bertz CT molecular complexity index is 340. The summed E-state index contributed by atoms with van der Waals surface area (Å²) >= 11 is 5.84. The Kier molecular flexibility index (Phi) is 5.58. The molecule has 0 aliphatic rings. The Morgan fingerprint density at radius 3 is 2.56 bits per heavy atom. The summed E-state index contributed by atoms with van der Waals surface area (Å²) in [6.45, 7) is 7.48. The molecule has 1 N–H and O–H groups in total. The minimum absolute atomic E-state index is 0.577. The Labute approximate surface area is 104 Å². The van der Waals surface area contributed by atoms with Crippen molar-refractivity contribution < 1.29 is 0 Å². The van der Waals surface area contributed by atoms with Crippen molar-refractivity contribution >= 4 is 17.7 Å². The second-order valence-corrected chi connectivity index (χ2v) is 4.67. The van der Waals surface area contributed by atoms with Gasteiger partial charge in [0.05, 0.1) is 0 Å². The summed E-state index contributed by atoms with van der Waals surface area (Å²) < 4.78 is 0. The number of halogens is 1. The van der Waals surface area contributed by atoms with Crippen molar-refractivity contribution in [1.29, 1.82) is 0 Å². The molecule has 0 aliphatic heterocycles. The van der Waals surface area contributed by atoms with E-state index in [1.165, 1.54) is 11.1 Å². The maximum absolute atomic E-state index is 5.84. The molecule has 1 unspecified atom stereocenters. The summed E-state index contributed by atoms with van der Waals surface area (Å²) in [4.78, 5) is 0. The summed E-state index contributed by atoms with van der Waals surface area (Å²) in [5.41, 5.74) is 2.54. The lowest BCUT2D eigenvalue weighted by molar-refractivity contribution is 0.560. The van der Waals surface area contributed by atoms with E-state index in [9.17, 15) is 0 Å². The van der Waals surface area contributed by atoms with Crippen molar-refractivity contribution in [3.63, 3.8) is 0 Å². The summed E-state index contributed by atoms with van der Waals surface area (Å²) in [6.07, 6.45) is 3.35. The van der Waals surface area contributed by atoms with E-state index >= 15 is 0 Å². The van der Waals surface area contributed by atoms with Gasteiger partial charge in [0.2, 0.25) is 0 Å². The molecule has 1 aromatic carbocycles. The van der Waals surface area contributed by atoms with E-state index in [1.807, 2.05) is 24.3 Å². The molecule has 0 amide bonds. The predicted molar refractivity (Wildman–Crippen MR) is 72.9 cm³/mol. The average molecular weight is 238 g/mol. The molecular weight excluding hydrogens is 218 g/mol. The van der Waals surface area contributed by atoms with Crippen LogP contribution in [0.25, 0.3) is 6.08 Å². The zero-order valence-electron chi connectivity index (χ0n) is 10.3. The molecule has 0 aliphatic carbocycles. The van der Waals surface area contributed by atoms with Gasteiger partial charge < -0.3 is 5.32 Å². The summed E-state index contributed by atoms with van der Waals surface area (Å²) in [5, 5.41) is 4.25. The van der Waals surface area contributed by atoms with Gasteiger partial charge in [0, 0.05) is 17.6 Å². The standard InChI is InChI=1S/C14H20ClN/c1-4-12(3)16-10-11(2)9-13-5-7-14(15)8-6-13/h5-9,12,16H,4,10H2,1-3H3/b11-9+. The minimum Gasteiger partial charge on any atom is -0.311 e. The van der Waals surface area contributed by atoms with Crippen LogP contribution < -0.4 is 5.32 Å². The summed E-state index contributed by atoms with van der Waals surface area (Å²) in [5.74, 6) is 0.